The summed E-state index contributed by atoms with van der Waals surface area (Å²) < 4.78 is 7.05. The van der Waals surface area contributed by atoms with Crippen LogP contribution in [-0.4, -0.2) is 49.2 Å². The number of hydrogen-bond donors (Lipinski definition) is 1. The quantitative estimate of drug-likeness (QED) is 0.866. The number of fused-ring (bicyclic) bond motifs is 1. The lowest BCUT2D eigenvalue weighted by atomic mass is 9.94. The van der Waals surface area contributed by atoms with Crippen molar-refractivity contribution in [1.29, 1.82) is 0 Å². The Morgan fingerprint density at radius 1 is 1.52 bits per heavy atom. The first-order valence-electron chi connectivity index (χ1n) is 7.43. The molecule has 1 aromatic heterocycles. The van der Waals surface area contributed by atoms with Gasteiger partial charge in [0, 0.05) is 26.2 Å². The van der Waals surface area contributed by atoms with E-state index in [4.69, 9.17) is 4.74 Å². The van der Waals surface area contributed by atoms with E-state index < -0.39 is 0 Å². The van der Waals surface area contributed by atoms with E-state index in [-0.39, 0.29) is 5.56 Å². The second kappa shape index (κ2) is 6.46. The van der Waals surface area contributed by atoms with Gasteiger partial charge in [-0.05, 0) is 41.2 Å². The largest absolute Gasteiger partial charge is 0.383 e. The molecular formula is C14H21BrN4O2. The van der Waals surface area contributed by atoms with Gasteiger partial charge in [-0.3, -0.25) is 4.79 Å². The maximum atomic E-state index is 12.3. The van der Waals surface area contributed by atoms with Crippen LogP contribution in [0, 0.1) is 5.92 Å². The van der Waals surface area contributed by atoms with Crippen LogP contribution in [0.2, 0.25) is 0 Å². The highest BCUT2D eigenvalue weighted by Crippen LogP contribution is 2.31. The molecule has 116 valence electrons. The Labute approximate surface area is 132 Å². The molecule has 7 heteroatoms. The average molecular weight is 357 g/mol. The molecule has 0 radical (unpaired) electrons. The average Bonchev–Trinajstić information content (AvgIpc) is 2.92. The number of anilines is 1. The molecular weight excluding hydrogens is 336 g/mol. The Morgan fingerprint density at radius 2 is 2.38 bits per heavy atom. The van der Waals surface area contributed by atoms with E-state index in [2.05, 4.69) is 31.2 Å². The van der Waals surface area contributed by atoms with Crippen molar-refractivity contribution in [2.24, 2.45) is 5.92 Å². The SMILES string of the molecule is COCCn1ncc(N2CC3CCCNC3C2)c(Br)c1=O. The summed E-state index contributed by atoms with van der Waals surface area (Å²) in [5.74, 6) is 0.682. The fraction of sp³-hybridized carbons (Fsp3) is 0.714. The molecule has 2 aliphatic heterocycles. The number of nitrogens with one attached hydrogen (secondary N) is 1. The molecule has 2 aliphatic rings. The standard InChI is InChI=1S/C14H21BrN4O2/c1-21-6-5-19-14(20)13(15)12(7-17-19)18-8-10-3-2-4-16-11(10)9-18/h7,10-11,16H,2-6,8-9H2,1H3. The molecule has 1 N–H and O–H groups in total. The number of aromatic nitrogens is 2. The van der Waals surface area contributed by atoms with Crippen LogP contribution in [0.5, 0.6) is 0 Å². The maximum absolute atomic E-state index is 12.3. The fourth-order valence-corrected chi connectivity index (χ4v) is 3.82. The zero-order valence-corrected chi connectivity index (χ0v) is 13.8. The van der Waals surface area contributed by atoms with Crippen molar-refractivity contribution in [2.45, 2.75) is 25.4 Å². The van der Waals surface area contributed by atoms with E-state index >= 15 is 0 Å². The van der Waals surface area contributed by atoms with Crippen LogP contribution >= 0.6 is 15.9 Å². The molecule has 0 bridgehead atoms. The predicted octanol–water partition coefficient (Wildman–Crippen LogP) is 0.840. The summed E-state index contributed by atoms with van der Waals surface area (Å²) in [7, 11) is 1.62. The van der Waals surface area contributed by atoms with Gasteiger partial charge in [-0.15, -0.1) is 0 Å². The first-order chi connectivity index (χ1) is 10.2. The van der Waals surface area contributed by atoms with E-state index in [1.165, 1.54) is 17.5 Å². The Bertz CT molecular complexity index is 548. The summed E-state index contributed by atoms with van der Waals surface area (Å²) >= 11 is 3.46. The number of piperidine rings is 1. The minimum Gasteiger partial charge on any atom is -0.383 e. The molecule has 2 saturated heterocycles. The second-order valence-electron chi connectivity index (χ2n) is 5.73. The molecule has 21 heavy (non-hydrogen) atoms. The lowest BCUT2D eigenvalue weighted by molar-refractivity contribution is 0.181. The molecule has 6 nitrogen and oxygen atoms in total. The predicted molar refractivity (Wildman–Crippen MR) is 84.8 cm³/mol. The summed E-state index contributed by atoms with van der Waals surface area (Å²) in [6, 6.07) is 0.543. The zero-order valence-electron chi connectivity index (χ0n) is 12.2. The number of hydrogen-bond acceptors (Lipinski definition) is 5. The normalized spacial score (nSPS) is 25.1. The van der Waals surface area contributed by atoms with E-state index in [1.807, 2.05) is 0 Å². The van der Waals surface area contributed by atoms with Gasteiger partial charge in [0.25, 0.3) is 5.56 Å². The third-order valence-electron chi connectivity index (χ3n) is 4.41. The Kier molecular flexibility index (Phi) is 4.61. The van der Waals surface area contributed by atoms with E-state index in [0.29, 0.717) is 29.6 Å². The van der Waals surface area contributed by atoms with Crippen LogP contribution in [0.15, 0.2) is 15.5 Å². The topological polar surface area (TPSA) is 59.4 Å². The summed E-state index contributed by atoms with van der Waals surface area (Å²) in [5.41, 5.74) is 0.817. The van der Waals surface area contributed by atoms with E-state index in [9.17, 15) is 4.79 Å². The van der Waals surface area contributed by atoms with Crippen LogP contribution in [0.4, 0.5) is 5.69 Å². The molecule has 2 fully saturated rings. The second-order valence-corrected chi connectivity index (χ2v) is 6.53. The van der Waals surface area contributed by atoms with Gasteiger partial charge in [0.1, 0.15) is 4.47 Å². The number of methoxy groups -OCH3 is 1. The van der Waals surface area contributed by atoms with Crippen molar-refractivity contribution in [3.05, 3.63) is 21.0 Å². The third kappa shape index (κ3) is 3.00. The van der Waals surface area contributed by atoms with Crippen molar-refractivity contribution in [2.75, 3.05) is 38.3 Å². The highest BCUT2D eigenvalue weighted by Gasteiger charge is 2.35. The van der Waals surface area contributed by atoms with Crippen molar-refractivity contribution >= 4 is 21.6 Å². The molecule has 0 aliphatic carbocycles. The summed E-state index contributed by atoms with van der Waals surface area (Å²) in [5, 5.41) is 7.85. The minimum atomic E-state index is -0.0904. The summed E-state index contributed by atoms with van der Waals surface area (Å²) in [6.07, 6.45) is 4.30. The highest BCUT2D eigenvalue weighted by atomic mass is 79.9. The molecule has 3 rings (SSSR count). The number of halogens is 1. The van der Waals surface area contributed by atoms with Crippen LogP contribution in [0.1, 0.15) is 12.8 Å². The van der Waals surface area contributed by atoms with Crippen LogP contribution in [-0.2, 0) is 11.3 Å². The van der Waals surface area contributed by atoms with Crippen molar-refractivity contribution < 1.29 is 4.74 Å². The first-order valence-corrected chi connectivity index (χ1v) is 8.23. The Balaban J connectivity index is 1.80. The first kappa shape index (κ1) is 15.0. The smallest absolute Gasteiger partial charge is 0.283 e. The lowest BCUT2D eigenvalue weighted by Gasteiger charge is -2.24. The minimum absolute atomic E-state index is 0.0904. The van der Waals surface area contributed by atoms with E-state index in [1.54, 1.807) is 13.3 Å². The molecule has 0 aromatic carbocycles. The van der Waals surface area contributed by atoms with Gasteiger partial charge < -0.3 is 15.0 Å². The number of ether oxygens (including phenoxy) is 1. The van der Waals surface area contributed by atoms with Crippen molar-refractivity contribution in [3.8, 4) is 0 Å². The summed E-state index contributed by atoms with van der Waals surface area (Å²) in [4.78, 5) is 14.6. The molecule has 1 aromatic rings. The number of nitrogens with zero attached hydrogens (tertiary/aromatic N) is 3. The molecule has 2 unspecified atom stereocenters. The Morgan fingerprint density at radius 3 is 3.14 bits per heavy atom. The van der Waals surface area contributed by atoms with E-state index in [0.717, 1.165) is 25.3 Å². The van der Waals surface area contributed by atoms with Crippen molar-refractivity contribution in [1.82, 2.24) is 15.1 Å². The third-order valence-corrected chi connectivity index (χ3v) is 5.16. The summed E-state index contributed by atoms with van der Waals surface area (Å²) in [6.45, 7) is 4.01. The Hall–Kier alpha value is -0.920. The highest BCUT2D eigenvalue weighted by molar-refractivity contribution is 9.10. The van der Waals surface area contributed by atoms with Gasteiger partial charge in [0.05, 0.1) is 25.0 Å². The van der Waals surface area contributed by atoms with Gasteiger partial charge in [-0.25, -0.2) is 4.68 Å². The monoisotopic (exact) mass is 356 g/mol. The molecule has 0 spiro atoms. The molecule has 3 heterocycles. The van der Waals surface area contributed by atoms with Gasteiger partial charge >= 0.3 is 0 Å². The van der Waals surface area contributed by atoms with Gasteiger partial charge in [-0.1, -0.05) is 0 Å². The number of rotatable bonds is 4. The zero-order chi connectivity index (χ0) is 14.8. The molecule has 0 amide bonds. The van der Waals surface area contributed by atoms with Crippen molar-refractivity contribution in [3.63, 3.8) is 0 Å². The van der Waals surface area contributed by atoms with Crippen LogP contribution < -0.4 is 15.8 Å². The fourth-order valence-electron chi connectivity index (χ4n) is 3.26. The lowest BCUT2D eigenvalue weighted by Crippen LogP contribution is -2.40. The molecule has 0 saturated carbocycles. The van der Waals surface area contributed by atoms with Gasteiger partial charge in [0.2, 0.25) is 0 Å². The van der Waals surface area contributed by atoms with Crippen LogP contribution in [0.3, 0.4) is 0 Å². The van der Waals surface area contributed by atoms with Crippen LogP contribution in [0.25, 0.3) is 0 Å². The maximum Gasteiger partial charge on any atom is 0.283 e. The van der Waals surface area contributed by atoms with Gasteiger partial charge in [-0.2, -0.15) is 5.10 Å². The van der Waals surface area contributed by atoms with Gasteiger partial charge in [0.15, 0.2) is 0 Å². The molecule has 2 atom stereocenters.